The first-order chi connectivity index (χ1) is 27.2. The van der Waals surface area contributed by atoms with E-state index in [2.05, 4.69) is 36.6 Å². The predicted molar refractivity (Wildman–Crippen MR) is 212 cm³/mol. The zero-order valence-electron chi connectivity index (χ0n) is 32.3. The van der Waals surface area contributed by atoms with Crippen molar-refractivity contribution in [1.82, 2.24) is 26.6 Å². The van der Waals surface area contributed by atoms with Crippen molar-refractivity contribution < 1.29 is 53.4 Å². The smallest absolute Gasteiger partial charge is 0.326 e. The van der Waals surface area contributed by atoms with E-state index < -0.39 is 122 Å². The first kappa shape index (κ1) is 52.1. The molecule has 0 radical (unpaired) electrons. The summed E-state index contributed by atoms with van der Waals surface area (Å²) in [6.45, 7) is 0.265. The Morgan fingerprint density at radius 3 is 1.26 bits per heavy atom. The standard InChI is InChI=1S/C32H58N14O11S/c1-58-15-12-20(29(55)44-19(7-10-23(35)48)28(54)46-21(30(56)57)8-11-24(49)50)45-27(53)18(6-9-22(34)47)43-26(52)17(5-3-14-41-32(38)39)42-25(51)16(33)4-2-13-40-31(36)37/h16-21H,2-15,33H2,1H3,(H2,34,47)(H2,35,48)(H,42,51)(H,43,52)(H,44,55)(H,45,53)(H,46,54)(H,49,50)(H,56,57)(H4,36,37,40)(H4,38,39,41)/t16-,17-,18-,19-,20+,21-/m0/s1. The second-order valence-electron chi connectivity index (χ2n) is 12.9. The molecule has 0 aromatic heterocycles. The van der Waals surface area contributed by atoms with Gasteiger partial charge >= 0.3 is 11.9 Å². The van der Waals surface area contributed by atoms with Gasteiger partial charge in [-0.05, 0) is 63.4 Å². The monoisotopic (exact) mass is 846 g/mol. The van der Waals surface area contributed by atoms with Crippen LogP contribution in [0.1, 0.15) is 70.6 Å². The number of thioether (sulfide) groups is 1. The van der Waals surface area contributed by atoms with Gasteiger partial charge in [-0.3, -0.25) is 48.3 Å². The molecular formula is C32H58N14O11S. The summed E-state index contributed by atoms with van der Waals surface area (Å²) < 4.78 is 0. The van der Waals surface area contributed by atoms with Crippen LogP contribution in [-0.4, -0.2) is 137 Å². The fourth-order valence-corrected chi connectivity index (χ4v) is 5.40. The Morgan fingerprint density at radius 2 is 0.879 bits per heavy atom. The molecule has 21 N–H and O–H groups in total. The number of nitrogens with zero attached hydrogens (tertiary/aromatic N) is 2. The van der Waals surface area contributed by atoms with Crippen LogP contribution in [0.25, 0.3) is 0 Å². The van der Waals surface area contributed by atoms with Crippen molar-refractivity contribution in [3.63, 3.8) is 0 Å². The summed E-state index contributed by atoms with van der Waals surface area (Å²) in [6.07, 6.45) is -0.382. The van der Waals surface area contributed by atoms with E-state index in [0.717, 1.165) is 0 Å². The Labute approximate surface area is 338 Å². The molecule has 0 bridgehead atoms. The Morgan fingerprint density at radius 1 is 0.517 bits per heavy atom. The van der Waals surface area contributed by atoms with Gasteiger partial charge in [0.2, 0.25) is 41.4 Å². The fraction of sp³-hybridized carbons (Fsp3) is 0.656. The van der Waals surface area contributed by atoms with Gasteiger partial charge in [0.1, 0.15) is 30.2 Å². The number of aliphatic carboxylic acids is 2. The largest absolute Gasteiger partial charge is 0.481 e. The Hall–Kier alpha value is -5.92. The van der Waals surface area contributed by atoms with Crippen molar-refractivity contribution in [2.45, 2.75) is 107 Å². The maximum absolute atomic E-state index is 13.7. The molecule has 0 unspecified atom stereocenters. The van der Waals surface area contributed by atoms with E-state index in [0.29, 0.717) is 6.42 Å². The zero-order chi connectivity index (χ0) is 44.4. The second kappa shape index (κ2) is 28.5. The molecule has 0 heterocycles. The summed E-state index contributed by atoms with van der Waals surface area (Å²) in [7, 11) is 0. The number of amides is 7. The van der Waals surface area contributed by atoms with Gasteiger partial charge in [0.25, 0.3) is 0 Å². The maximum atomic E-state index is 13.7. The summed E-state index contributed by atoms with van der Waals surface area (Å²) >= 11 is 1.29. The van der Waals surface area contributed by atoms with Gasteiger partial charge < -0.3 is 76.9 Å². The van der Waals surface area contributed by atoms with Crippen LogP contribution in [0, 0.1) is 0 Å². The van der Waals surface area contributed by atoms with E-state index in [-0.39, 0.29) is 62.9 Å². The van der Waals surface area contributed by atoms with E-state index in [4.69, 9.17) is 45.2 Å². The van der Waals surface area contributed by atoms with E-state index in [9.17, 15) is 48.3 Å². The van der Waals surface area contributed by atoms with Crippen LogP contribution in [0.2, 0.25) is 0 Å². The molecule has 7 amide bonds. The average Bonchev–Trinajstić information content (AvgIpc) is 3.13. The zero-order valence-corrected chi connectivity index (χ0v) is 33.1. The molecular weight excluding hydrogens is 789 g/mol. The first-order valence-corrected chi connectivity index (χ1v) is 19.5. The van der Waals surface area contributed by atoms with Crippen LogP contribution in [0.5, 0.6) is 0 Å². The van der Waals surface area contributed by atoms with E-state index in [1.165, 1.54) is 11.8 Å². The summed E-state index contributed by atoms with van der Waals surface area (Å²) in [4.78, 5) is 121. The lowest BCUT2D eigenvalue weighted by Crippen LogP contribution is -2.59. The molecule has 58 heavy (non-hydrogen) atoms. The summed E-state index contributed by atoms with van der Waals surface area (Å²) in [5.74, 6) is -9.22. The van der Waals surface area contributed by atoms with Gasteiger partial charge in [0, 0.05) is 32.4 Å². The number of primary amides is 2. The van der Waals surface area contributed by atoms with Crippen LogP contribution in [0.15, 0.2) is 9.98 Å². The Balaban J connectivity index is 6.34. The third-order valence-electron chi connectivity index (χ3n) is 8.01. The highest BCUT2D eigenvalue weighted by atomic mass is 32.2. The summed E-state index contributed by atoms with van der Waals surface area (Å²) in [6, 6.07) is -8.50. The third kappa shape index (κ3) is 23.9. The summed E-state index contributed by atoms with van der Waals surface area (Å²) in [5, 5.41) is 30.5. The molecule has 0 aromatic rings. The molecule has 0 aliphatic carbocycles. The van der Waals surface area contributed by atoms with E-state index >= 15 is 0 Å². The molecule has 6 atom stereocenters. The second-order valence-corrected chi connectivity index (χ2v) is 13.9. The quantitative estimate of drug-likeness (QED) is 0.0175. The van der Waals surface area contributed by atoms with Crippen LogP contribution in [0.3, 0.4) is 0 Å². The normalized spacial score (nSPS) is 13.8. The first-order valence-electron chi connectivity index (χ1n) is 18.1. The predicted octanol–water partition coefficient (Wildman–Crippen LogP) is -5.92. The highest BCUT2D eigenvalue weighted by Gasteiger charge is 2.33. The number of carboxylic acids is 2. The van der Waals surface area contributed by atoms with Gasteiger partial charge in [-0.1, -0.05) is 0 Å². The number of carbonyl (C=O) groups is 9. The topological polar surface area (TPSA) is 461 Å². The van der Waals surface area contributed by atoms with E-state index in [1.807, 2.05) is 0 Å². The fourth-order valence-electron chi connectivity index (χ4n) is 4.93. The number of nitrogens with one attached hydrogen (secondary N) is 5. The van der Waals surface area contributed by atoms with Crippen LogP contribution < -0.4 is 66.7 Å². The Kier molecular flexibility index (Phi) is 25.6. The molecule has 0 aromatic carbocycles. The van der Waals surface area contributed by atoms with Crippen molar-refractivity contribution in [3.05, 3.63) is 0 Å². The minimum absolute atomic E-state index is 0.0359. The Bertz CT molecular complexity index is 1490. The van der Waals surface area contributed by atoms with Crippen molar-refractivity contribution in [2.24, 2.45) is 50.1 Å². The molecule has 328 valence electrons. The van der Waals surface area contributed by atoms with Gasteiger partial charge in [-0.25, -0.2) is 4.79 Å². The number of carboxylic acid groups (broad SMARTS) is 2. The molecule has 0 spiro atoms. The van der Waals surface area contributed by atoms with Gasteiger partial charge in [-0.2, -0.15) is 11.8 Å². The van der Waals surface area contributed by atoms with Crippen LogP contribution in [0.4, 0.5) is 0 Å². The van der Waals surface area contributed by atoms with Gasteiger partial charge in [-0.15, -0.1) is 0 Å². The maximum Gasteiger partial charge on any atom is 0.326 e. The van der Waals surface area contributed by atoms with Gasteiger partial charge in [0.05, 0.1) is 6.04 Å². The number of hydrogen-bond acceptors (Lipinski definition) is 13. The van der Waals surface area contributed by atoms with Crippen molar-refractivity contribution >= 4 is 77.0 Å². The number of hydrogen-bond donors (Lipinski definition) is 14. The lowest BCUT2D eigenvalue weighted by molar-refractivity contribution is -0.143. The molecule has 0 aliphatic rings. The minimum Gasteiger partial charge on any atom is -0.481 e. The molecule has 0 fully saturated rings. The SMILES string of the molecule is CSCC[C@@H](NC(=O)[C@H](CCC(N)=O)NC(=O)[C@H](CCCN=C(N)N)NC(=O)[C@@H](N)CCCN=C(N)N)C(=O)N[C@@H](CCC(N)=O)C(=O)N[C@@H](CCC(=O)O)C(=O)O. The average molecular weight is 847 g/mol. The third-order valence-corrected chi connectivity index (χ3v) is 8.66. The molecule has 26 heteroatoms. The number of guanidine groups is 2. The van der Waals surface area contributed by atoms with Gasteiger partial charge in [0.15, 0.2) is 11.9 Å². The molecule has 0 rings (SSSR count). The number of nitrogens with two attached hydrogens (primary N) is 7. The molecule has 0 aliphatic heterocycles. The minimum atomic E-state index is -1.66. The highest BCUT2D eigenvalue weighted by molar-refractivity contribution is 7.98. The molecule has 0 saturated carbocycles. The van der Waals surface area contributed by atoms with E-state index in [1.54, 1.807) is 6.26 Å². The highest BCUT2D eigenvalue weighted by Crippen LogP contribution is 2.09. The number of aliphatic imine (C=N–C) groups is 2. The van der Waals surface area contributed by atoms with Crippen molar-refractivity contribution in [2.75, 3.05) is 25.1 Å². The van der Waals surface area contributed by atoms with Crippen molar-refractivity contribution in [1.29, 1.82) is 0 Å². The summed E-state index contributed by atoms with van der Waals surface area (Å²) in [5.41, 5.74) is 38.0. The lowest BCUT2D eigenvalue weighted by Gasteiger charge is -2.27. The number of carbonyl (C=O) groups excluding carboxylic acids is 7. The van der Waals surface area contributed by atoms with Crippen LogP contribution >= 0.6 is 11.8 Å². The van der Waals surface area contributed by atoms with Crippen LogP contribution in [-0.2, 0) is 43.2 Å². The van der Waals surface area contributed by atoms with Crippen molar-refractivity contribution in [3.8, 4) is 0 Å². The molecule has 25 nitrogen and oxygen atoms in total. The lowest BCUT2D eigenvalue weighted by atomic mass is 10.0. The molecule has 0 saturated heterocycles. The number of rotatable bonds is 31.